The standard InChI is InChI=1S/C24H26N2O5/c1-3-4-10-18-13-22(27)31-21-14-19(11-12-20(18)21)26-23(28)16(2)25-24(29)30-15-17-8-6-5-7-9-17/h5-9,11-14,16H,3-4,10,15H2,1-2H3,(H,25,29)(H,26,28)/t16-/m0/s1. The fourth-order valence-corrected chi connectivity index (χ4v) is 3.14. The van der Waals surface area contributed by atoms with Crippen molar-refractivity contribution in [1.82, 2.24) is 5.32 Å². The van der Waals surface area contributed by atoms with Gasteiger partial charge in [-0.2, -0.15) is 0 Å². The molecule has 0 spiro atoms. The lowest BCUT2D eigenvalue weighted by Crippen LogP contribution is -2.41. The number of hydrogen-bond donors (Lipinski definition) is 2. The first-order valence-corrected chi connectivity index (χ1v) is 10.3. The third-order valence-electron chi connectivity index (χ3n) is 4.84. The van der Waals surface area contributed by atoms with Crippen LogP contribution in [0.1, 0.15) is 37.8 Å². The zero-order valence-corrected chi connectivity index (χ0v) is 17.6. The van der Waals surface area contributed by atoms with Crippen molar-refractivity contribution in [2.24, 2.45) is 0 Å². The summed E-state index contributed by atoms with van der Waals surface area (Å²) in [5, 5.41) is 6.07. The Morgan fingerprint density at radius 1 is 1.10 bits per heavy atom. The van der Waals surface area contributed by atoms with E-state index in [1.807, 2.05) is 36.4 Å². The molecule has 3 aromatic rings. The van der Waals surface area contributed by atoms with Crippen molar-refractivity contribution in [2.45, 2.75) is 45.8 Å². The lowest BCUT2D eigenvalue weighted by Gasteiger charge is -2.15. The number of ether oxygens (including phenoxy) is 1. The molecule has 2 N–H and O–H groups in total. The second-order valence-corrected chi connectivity index (χ2v) is 7.32. The van der Waals surface area contributed by atoms with Crippen LogP contribution < -0.4 is 16.3 Å². The second kappa shape index (κ2) is 10.4. The van der Waals surface area contributed by atoms with E-state index in [9.17, 15) is 14.4 Å². The fourth-order valence-electron chi connectivity index (χ4n) is 3.14. The van der Waals surface area contributed by atoms with Crippen LogP contribution in [0.25, 0.3) is 11.0 Å². The SMILES string of the molecule is CCCCc1cc(=O)oc2cc(NC(=O)[C@H](C)NC(=O)OCc3ccccc3)ccc12. The van der Waals surface area contributed by atoms with Gasteiger partial charge in [0.25, 0.3) is 0 Å². The van der Waals surface area contributed by atoms with Gasteiger partial charge in [-0.15, -0.1) is 0 Å². The Morgan fingerprint density at radius 3 is 2.61 bits per heavy atom. The summed E-state index contributed by atoms with van der Waals surface area (Å²) in [5.74, 6) is -0.416. The number of fused-ring (bicyclic) bond motifs is 1. The number of alkyl carbamates (subject to hydrolysis) is 1. The molecule has 162 valence electrons. The number of benzene rings is 2. The van der Waals surface area contributed by atoms with Gasteiger partial charge < -0.3 is 19.8 Å². The highest BCUT2D eigenvalue weighted by atomic mass is 16.5. The second-order valence-electron chi connectivity index (χ2n) is 7.32. The van der Waals surface area contributed by atoms with Crippen LogP contribution in [0.4, 0.5) is 10.5 Å². The summed E-state index contributed by atoms with van der Waals surface area (Å²) < 4.78 is 10.4. The molecular formula is C24H26N2O5. The maximum absolute atomic E-state index is 12.5. The van der Waals surface area contributed by atoms with Gasteiger partial charge in [-0.05, 0) is 43.0 Å². The summed E-state index contributed by atoms with van der Waals surface area (Å²) in [7, 11) is 0. The number of carbonyl (C=O) groups is 2. The molecule has 0 aliphatic carbocycles. The van der Waals surface area contributed by atoms with Gasteiger partial charge in [0.15, 0.2) is 0 Å². The Morgan fingerprint density at radius 2 is 1.87 bits per heavy atom. The average Bonchev–Trinajstić information content (AvgIpc) is 2.76. The van der Waals surface area contributed by atoms with Gasteiger partial charge in [0, 0.05) is 23.2 Å². The summed E-state index contributed by atoms with van der Waals surface area (Å²) in [6.45, 7) is 3.77. The minimum atomic E-state index is -0.818. The quantitative estimate of drug-likeness (QED) is 0.525. The average molecular weight is 422 g/mol. The minimum Gasteiger partial charge on any atom is -0.445 e. The number of carbonyl (C=O) groups excluding carboxylic acids is 2. The Balaban J connectivity index is 1.61. The third-order valence-corrected chi connectivity index (χ3v) is 4.84. The van der Waals surface area contributed by atoms with Crippen molar-refractivity contribution in [3.05, 3.63) is 76.1 Å². The van der Waals surface area contributed by atoms with Gasteiger partial charge in [-0.1, -0.05) is 43.7 Å². The Bertz CT molecular complexity index is 1110. The summed E-state index contributed by atoms with van der Waals surface area (Å²) in [6, 6.07) is 15.2. The molecule has 1 heterocycles. The van der Waals surface area contributed by atoms with Crippen LogP contribution in [0.15, 0.2) is 63.8 Å². The van der Waals surface area contributed by atoms with Crippen LogP contribution in [0.5, 0.6) is 0 Å². The molecular weight excluding hydrogens is 396 g/mol. The van der Waals surface area contributed by atoms with Crippen LogP contribution >= 0.6 is 0 Å². The van der Waals surface area contributed by atoms with Crippen molar-refractivity contribution >= 4 is 28.7 Å². The predicted octanol–water partition coefficient (Wildman–Crippen LogP) is 4.39. The molecule has 0 aliphatic rings. The molecule has 1 aromatic heterocycles. The van der Waals surface area contributed by atoms with Crippen LogP contribution in [-0.4, -0.2) is 18.0 Å². The molecule has 0 fully saturated rings. The monoisotopic (exact) mass is 422 g/mol. The molecule has 2 aromatic carbocycles. The van der Waals surface area contributed by atoms with Crippen molar-refractivity contribution in [1.29, 1.82) is 0 Å². The number of amides is 2. The molecule has 0 saturated carbocycles. The molecule has 0 aliphatic heterocycles. The molecule has 0 saturated heterocycles. The van der Waals surface area contributed by atoms with E-state index in [1.165, 1.54) is 6.07 Å². The maximum Gasteiger partial charge on any atom is 0.408 e. The van der Waals surface area contributed by atoms with Gasteiger partial charge in [-0.25, -0.2) is 9.59 Å². The van der Waals surface area contributed by atoms with E-state index in [1.54, 1.807) is 19.1 Å². The van der Waals surface area contributed by atoms with E-state index in [-0.39, 0.29) is 6.61 Å². The number of unbranched alkanes of at least 4 members (excludes halogenated alkanes) is 1. The largest absolute Gasteiger partial charge is 0.445 e. The topological polar surface area (TPSA) is 97.6 Å². The zero-order valence-electron chi connectivity index (χ0n) is 17.6. The molecule has 2 amide bonds. The summed E-state index contributed by atoms with van der Waals surface area (Å²) in [6.07, 6.45) is 2.10. The Hall–Kier alpha value is -3.61. The molecule has 31 heavy (non-hydrogen) atoms. The van der Waals surface area contributed by atoms with Gasteiger partial charge in [0.05, 0.1) is 0 Å². The summed E-state index contributed by atoms with van der Waals surface area (Å²) >= 11 is 0. The van der Waals surface area contributed by atoms with E-state index in [2.05, 4.69) is 17.6 Å². The van der Waals surface area contributed by atoms with Crippen LogP contribution in [0.3, 0.4) is 0 Å². The van der Waals surface area contributed by atoms with Crippen molar-refractivity contribution in [3.63, 3.8) is 0 Å². The van der Waals surface area contributed by atoms with Gasteiger partial charge in [0.1, 0.15) is 18.2 Å². The van der Waals surface area contributed by atoms with E-state index in [4.69, 9.17) is 9.15 Å². The number of aryl methyl sites for hydroxylation is 1. The summed E-state index contributed by atoms with van der Waals surface area (Å²) in [4.78, 5) is 36.3. The molecule has 7 nitrogen and oxygen atoms in total. The molecule has 7 heteroatoms. The highest BCUT2D eigenvalue weighted by molar-refractivity contribution is 5.97. The van der Waals surface area contributed by atoms with Gasteiger partial charge >= 0.3 is 11.7 Å². The number of hydrogen-bond acceptors (Lipinski definition) is 5. The molecule has 0 radical (unpaired) electrons. The zero-order chi connectivity index (χ0) is 22.2. The molecule has 1 atom stereocenters. The summed E-state index contributed by atoms with van der Waals surface area (Å²) in [5.41, 5.74) is 2.25. The predicted molar refractivity (Wildman–Crippen MR) is 119 cm³/mol. The maximum atomic E-state index is 12.5. The lowest BCUT2D eigenvalue weighted by molar-refractivity contribution is -0.117. The first kappa shape index (κ1) is 22.1. The molecule has 0 unspecified atom stereocenters. The van der Waals surface area contributed by atoms with Gasteiger partial charge in [-0.3, -0.25) is 4.79 Å². The minimum absolute atomic E-state index is 0.116. The first-order chi connectivity index (χ1) is 15.0. The van der Waals surface area contributed by atoms with E-state index in [0.717, 1.165) is 35.8 Å². The van der Waals surface area contributed by atoms with Crippen LogP contribution in [0.2, 0.25) is 0 Å². The first-order valence-electron chi connectivity index (χ1n) is 10.3. The number of nitrogens with one attached hydrogen (secondary N) is 2. The van der Waals surface area contributed by atoms with Crippen molar-refractivity contribution in [2.75, 3.05) is 5.32 Å². The van der Waals surface area contributed by atoms with E-state index in [0.29, 0.717) is 11.3 Å². The van der Waals surface area contributed by atoms with Crippen molar-refractivity contribution < 1.29 is 18.7 Å². The Labute approximate surface area is 180 Å². The molecule has 3 rings (SSSR count). The highest BCUT2D eigenvalue weighted by Crippen LogP contribution is 2.22. The van der Waals surface area contributed by atoms with E-state index >= 15 is 0 Å². The highest BCUT2D eigenvalue weighted by Gasteiger charge is 2.17. The third kappa shape index (κ3) is 6.18. The normalized spacial score (nSPS) is 11.7. The fraction of sp³-hybridized carbons (Fsp3) is 0.292. The lowest BCUT2D eigenvalue weighted by atomic mass is 10.0. The van der Waals surface area contributed by atoms with Crippen LogP contribution in [0, 0.1) is 0 Å². The number of anilines is 1. The number of rotatable bonds is 8. The smallest absolute Gasteiger partial charge is 0.408 e. The Kier molecular flexibility index (Phi) is 7.43. The van der Waals surface area contributed by atoms with E-state index < -0.39 is 23.7 Å². The molecule has 0 bridgehead atoms. The van der Waals surface area contributed by atoms with Gasteiger partial charge in [0.2, 0.25) is 5.91 Å². The van der Waals surface area contributed by atoms with Crippen molar-refractivity contribution in [3.8, 4) is 0 Å². The van der Waals surface area contributed by atoms with Crippen LogP contribution in [-0.2, 0) is 22.6 Å².